The van der Waals surface area contributed by atoms with Crippen molar-refractivity contribution in [2.75, 3.05) is 12.4 Å². The van der Waals surface area contributed by atoms with Crippen LogP contribution in [-0.4, -0.2) is 24.1 Å². The molecule has 2 N–H and O–H groups in total. The Morgan fingerprint density at radius 2 is 2.00 bits per heavy atom. The number of carbonyl (C=O) groups excluding carboxylic acids is 1. The van der Waals surface area contributed by atoms with Crippen LogP contribution in [0.2, 0.25) is 0 Å². The van der Waals surface area contributed by atoms with Crippen LogP contribution in [0.5, 0.6) is 5.75 Å². The van der Waals surface area contributed by atoms with Crippen molar-refractivity contribution >= 4 is 44.8 Å². The summed E-state index contributed by atoms with van der Waals surface area (Å²) in [6, 6.07) is 15.0. The number of thiophene rings is 1. The van der Waals surface area contributed by atoms with Crippen LogP contribution < -0.4 is 10.1 Å². The van der Waals surface area contributed by atoms with Crippen molar-refractivity contribution in [1.82, 2.24) is 0 Å². The molecule has 142 valence electrons. The molecule has 2 aromatic carbocycles. The molecule has 1 aromatic heterocycles. The highest BCUT2D eigenvalue weighted by Crippen LogP contribution is 2.49. The van der Waals surface area contributed by atoms with Crippen LogP contribution in [0.4, 0.5) is 5.69 Å². The van der Waals surface area contributed by atoms with E-state index in [1.54, 1.807) is 7.11 Å². The molecular formula is C21H16BrNO4S. The standard InChI is InChI=1S/C21H16BrNO4S/c1-27-15-8-7-12(9-14(15)22)13-10-16(24)23-18-17(11-5-3-2-4-6-11)20(21(25)26)28-19(13)18/h2-9,13H,10H2,1H3,(H,23,24)(H,25,26). The molecular weight excluding hydrogens is 442 g/mol. The highest BCUT2D eigenvalue weighted by molar-refractivity contribution is 9.10. The zero-order chi connectivity index (χ0) is 19.8. The van der Waals surface area contributed by atoms with Crippen LogP contribution in [0.15, 0.2) is 53.0 Å². The number of methoxy groups -OCH3 is 1. The Balaban J connectivity index is 1.91. The minimum absolute atomic E-state index is 0.128. The molecule has 1 atom stereocenters. The van der Waals surface area contributed by atoms with E-state index in [0.29, 0.717) is 17.0 Å². The van der Waals surface area contributed by atoms with Crippen molar-refractivity contribution in [1.29, 1.82) is 0 Å². The minimum atomic E-state index is -0.998. The van der Waals surface area contributed by atoms with Gasteiger partial charge in [-0.1, -0.05) is 36.4 Å². The molecule has 1 aliphatic rings. The van der Waals surface area contributed by atoms with E-state index in [4.69, 9.17) is 4.74 Å². The first-order valence-corrected chi connectivity index (χ1v) is 10.2. The van der Waals surface area contributed by atoms with E-state index in [1.165, 1.54) is 11.3 Å². The normalized spacial score (nSPS) is 15.6. The van der Waals surface area contributed by atoms with E-state index in [1.807, 2.05) is 48.5 Å². The number of halogens is 1. The van der Waals surface area contributed by atoms with Gasteiger partial charge in [0.15, 0.2) is 0 Å². The lowest BCUT2D eigenvalue weighted by Gasteiger charge is -2.24. The number of anilines is 1. The van der Waals surface area contributed by atoms with Gasteiger partial charge in [0.25, 0.3) is 0 Å². The number of benzene rings is 2. The molecule has 0 saturated carbocycles. The third kappa shape index (κ3) is 3.21. The minimum Gasteiger partial charge on any atom is -0.496 e. The van der Waals surface area contributed by atoms with Gasteiger partial charge in [-0.25, -0.2) is 4.79 Å². The molecule has 0 saturated heterocycles. The van der Waals surface area contributed by atoms with Crippen molar-refractivity contribution in [2.24, 2.45) is 0 Å². The summed E-state index contributed by atoms with van der Waals surface area (Å²) in [6.45, 7) is 0. The molecule has 28 heavy (non-hydrogen) atoms. The van der Waals surface area contributed by atoms with Crippen molar-refractivity contribution in [3.63, 3.8) is 0 Å². The summed E-state index contributed by atoms with van der Waals surface area (Å²) >= 11 is 4.72. The van der Waals surface area contributed by atoms with Gasteiger partial charge >= 0.3 is 5.97 Å². The fourth-order valence-corrected chi connectivity index (χ4v) is 5.29. The fourth-order valence-electron chi connectivity index (χ4n) is 3.49. The van der Waals surface area contributed by atoms with Gasteiger partial charge in [0.05, 0.1) is 17.3 Å². The Kier molecular flexibility index (Phi) is 4.95. The molecule has 1 aliphatic heterocycles. The maximum absolute atomic E-state index is 12.5. The lowest BCUT2D eigenvalue weighted by Crippen LogP contribution is -2.22. The van der Waals surface area contributed by atoms with Crippen molar-refractivity contribution in [3.8, 4) is 16.9 Å². The summed E-state index contributed by atoms with van der Waals surface area (Å²) in [5.74, 6) is -0.642. The molecule has 1 unspecified atom stereocenters. The topological polar surface area (TPSA) is 75.6 Å². The van der Waals surface area contributed by atoms with Gasteiger partial charge in [-0.2, -0.15) is 0 Å². The number of rotatable bonds is 4. The van der Waals surface area contributed by atoms with Gasteiger partial charge in [0, 0.05) is 22.8 Å². The molecule has 0 radical (unpaired) electrons. The van der Waals surface area contributed by atoms with Crippen molar-refractivity contribution < 1.29 is 19.4 Å². The zero-order valence-electron chi connectivity index (χ0n) is 14.9. The summed E-state index contributed by atoms with van der Waals surface area (Å²) < 4.78 is 6.08. The fraction of sp³-hybridized carbons (Fsp3) is 0.143. The van der Waals surface area contributed by atoms with E-state index in [-0.39, 0.29) is 23.1 Å². The molecule has 2 heterocycles. The number of hydrogen-bond donors (Lipinski definition) is 2. The number of hydrogen-bond acceptors (Lipinski definition) is 4. The molecule has 0 bridgehead atoms. The van der Waals surface area contributed by atoms with Crippen LogP contribution >= 0.6 is 27.3 Å². The number of amides is 1. The summed E-state index contributed by atoms with van der Waals surface area (Å²) in [5.41, 5.74) is 2.87. The van der Waals surface area contributed by atoms with Gasteiger partial charge in [-0.05, 0) is 39.2 Å². The van der Waals surface area contributed by atoms with Crippen LogP contribution in [0.3, 0.4) is 0 Å². The Morgan fingerprint density at radius 1 is 1.25 bits per heavy atom. The van der Waals surface area contributed by atoms with E-state index in [9.17, 15) is 14.7 Å². The first-order chi connectivity index (χ1) is 13.5. The quantitative estimate of drug-likeness (QED) is 0.552. The smallest absolute Gasteiger partial charge is 0.346 e. The number of aromatic carboxylic acids is 1. The first kappa shape index (κ1) is 18.7. The Hall–Kier alpha value is -2.64. The zero-order valence-corrected chi connectivity index (χ0v) is 17.3. The van der Waals surface area contributed by atoms with E-state index in [0.717, 1.165) is 20.5 Å². The van der Waals surface area contributed by atoms with Crippen LogP contribution in [0, 0.1) is 0 Å². The number of fused-ring (bicyclic) bond motifs is 1. The lowest BCUT2D eigenvalue weighted by atomic mass is 9.88. The summed E-state index contributed by atoms with van der Waals surface area (Å²) in [5, 5.41) is 12.7. The predicted molar refractivity (Wildman–Crippen MR) is 112 cm³/mol. The van der Waals surface area contributed by atoms with E-state index in [2.05, 4.69) is 21.2 Å². The number of nitrogens with one attached hydrogen (secondary N) is 1. The number of carboxylic acid groups (broad SMARTS) is 1. The Bertz CT molecular complexity index is 1080. The van der Waals surface area contributed by atoms with Crippen molar-refractivity contribution in [2.45, 2.75) is 12.3 Å². The average Bonchev–Trinajstić information content (AvgIpc) is 3.07. The maximum atomic E-state index is 12.5. The molecule has 0 fully saturated rings. The predicted octanol–water partition coefficient (Wildman–Crippen LogP) is 5.36. The highest BCUT2D eigenvalue weighted by atomic mass is 79.9. The SMILES string of the molecule is COc1ccc(C2CC(=O)Nc3c2sc(C(=O)O)c3-c2ccccc2)cc1Br. The second-order valence-electron chi connectivity index (χ2n) is 6.42. The Morgan fingerprint density at radius 3 is 2.64 bits per heavy atom. The molecule has 0 aliphatic carbocycles. The molecule has 5 nitrogen and oxygen atoms in total. The van der Waals surface area contributed by atoms with Crippen LogP contribution in [0.1, 0.15) is 32.5 Å². The number of carbonyl (C=O) groups is 2. The van der Waals surface area contributed by atoms with Crippen LogP contribution in [0.25, 0.3) is 11.1 Å². The summed E-state index contributed by atoms with van der Waals surface area (Å²) in [6.07, 6.45) is 0.263. The summed E-state index contributed by atoms with van der Waals surface area (Å²) in [4.78, 5) is 25.5. The van der Waals surface area contributed by atoms with Crippen molar-refractivity contribution in [3.05, 3.63) is 68.3 Å². The van der Waals surface area contributed by atoms with Gasteiger partial charge in [-0.15, -0.1) is 11.3 Å². The summed E-state index contributed by atoms with van der Waals surface area (Å²) in [7, 11) is 1.59. The molecule has 0 spiro atoms. The second-order valence-corrected chi connectivity index (χ2v) is 8.32. The molecule has 1 amide bonds. The largest absolute Gasteiger partial charge is 0.496 e. The highest BCUT2D eigenvalue weighted by Gasteiger charge is 2.34. The van der Waals surface area contributed by atoms with Gasteiger partial charge < -0.3 is 15.2 Å². The van der Waals surface area contributed by atoms with Gasteiger partial charge in [0.1, 0.15) is 10.6 Å². The van der Waals surface area contributed by atoms with Gasteiger partial charge in [-0.3, -0.25) is 4.79 Å². The van der Waals surface area contributed by atoms with E-state index < -0.39 is 5.97 Å². The molecule has 4 rings (SSSR count). The molecule has 7 heteroatoms. The third-order valence-electron chi connectivity index (χ3n) is 4.74. The average molecular weight is 458 g/mol. The number of carboxylic acids is 1. The third-order valence-corrected chi connectivity index (χ3v) is 6.65. The van der Waals surface area contributed by atoms with Gasteiger partial charge in [0.2, 0.25) is 5.91 Å². The Labute approximate surface area is 174 Å². The molecule has 3 aromatic rings. The maximum Gasteiger partial charge on any atom is 0.346 e. The second kappa shape index (κ2) is 7.41. The first-order valence-electron chi connectivity index (χ1n) is 8.58. The number of ether oxygens (including phenoxy) is 1. The monoisotopic (exact) mass is 457 g/mol. The van der Waals surface area contributed by atoms with Crippen LogP contribution in [-0.2, 0) is 4.79 Å². The van der Waals surface area contributed by atoms with E-state index >= 15 is 0 Å². The lowest BCUT2D eigenvalue weighted by molar-refractivity contribution is -0.116.